The van der Waals surface area contributed by atoms with Gasteiger partial charge in [0.15, 0.2) is 41.0 Å². The third-order valence-corrected chi connectivity index (χ3v) is 18.5. The molecule has 4 aliphatic carbocycles. The highest BCUT2D eigenvalue weighted by atomic mass is 33.1. The molecular weight excluding hydrogens is 885 g/mol. The van der Waals surface area contributed by atoms with Crippen molar-refractivity contribution in [3.63, 3.8) is 0 Å². The van der Waals surface area contributed by atoms with Crippen molar-refractivity contribution >= 4 is 45.3 Å². The molecule has 14 heteroatoms. The average Bonchev–Trinajstić information content (AvgIpc) is 4.17. The standard InChI is InChI=1S/C53H78N4O8S2/c1-5-36(21-26-58)14-16-39-17-19-47(60)53(32-37-15-18-44(59)45(27-37)63-4)24-10-11-40(53)33-66-67-35-56-50(55-3)57-43-29-41(52(39)22-8-9-23-52)30-46(49(43)62)65-51(34-54-2)25-20-38(31-51)28-48(61)64-42-12-6-7-13-42/h15,17-19,26-27,29-30,36,38-40,42,48,54,59,61-62H,5-14,16,20-25,28,31-35H2,1-4H3,(H2,55,56,57)/b19-17-/t36-,38-,39-,40+,48-,51+,53-/m1/s1. The van der Waals surface area contributed by atoms with Crippen LogP contribution in [0.3, 0.4) is 0 Å². The monoisotopic (exact) mass is 963 g/mol. The number of nitrogens with zero attached hydrogens (tertiary/aromatic N) is 1. The van der Waals surface area contributed by atoms with Crippen molar-refractivity contribution in [1.82, 2.24) is 10.6 Å². The van der Waals surface area contributed by atoms with Crippen LogP contribution in [-0.2, 0) is 26.2 Å². The molecule has 1 spiro atoms. The molecule has 0 saturated heterocycles. The van der Waals surface area contributed by atoms with Gasteiger partial charge in [0.2, 0.25) is 0 Å². The van der Waals surface area contributed by atoms with Crippen LogP contribution in [0.25, 0.3) is 0 Å². The predicted molar refractivity (Wildman–Crippen MR) is 271 cm³/mol. The molecule has 370 valence electrons. The van der Waals surface area contributed by atoms with E-state index in [9.17, 15) is 20.1 Å². The van der Waals surface area contributed by atoms with E-state index in [1.807, 2.05) is 25.3 Å². The SMILES string of the molecule is CC[C@@H](CC=O)CC[C@@H]1/C=C\C(=O)[C@@]2(Cc3ccc(O)c(OC)c3)CCC[C@H]2CSSCNC(=NC)Nc2cc(cc(O[C@@]3(CNC)CC[C@H](C[C@H](O)OC4CCCC4)C3)c2O)C12CCCC2. The Morgan fingerprint density at radius 1 is 1.00 bits per heavy atom. The summed E-state index contributed by atoms with van der Waals surface area (Å²) in [6.45, 7) is 2.72. The average molecular weight is 963 g/mol. The number of anilines is 1. The van der Waals surface area contributed by atoms with Crippen molar-refractivity contribution in [3.05, 3.63) is 53.6 Å². The minimum absolute atomic E-state index is 0.0169. The van der Waals surface area contributed by atoms with E-state index >= 15 is 4.79 Å². The zero-order valence-electron chi connectivity index (χ0n) is 40.5. The van der Waals surface area contributed by atoms with Gasteiger partial charge in [0.1, 0.15) is 11.9 Å². The van der Waals surface area contributed by atoms with E-state index in [1.54, 1.807) is 41.8 Å². The number of hydrogen-bond donors (Lipinski definition) is 6. The maximum absolute atomic E-state index is 15.3. The Morgan fingerprint density at radius 3 is 2.54 bits per heavy atom. The fourth-order valence-corrected chi connectivity index (χ4v) is 14.8. The molecule has 0 unspecified atom stereocenters. The van der Waals surface area contributed by atoms with Gasteiger partial charge in [0.05, 0.1) is 24.8 Å². The first-order valence-corrected chi connectivity index (χ1v) is 27.8. The number of aliphatic hydroxyl groups is 1. The van der Waals surface area contributed by atoms with Crippen molar-refractivity contribution in [3.8, 4) is 23.0 Å². The minimum atomic E-state index is -0.810. The smallest absolute Gasteiger partial charge is 0.196 e. The zero-order valence-corrected chi connectivity index (χ0v) is 42.1. The largest absolute Gasteiger partial charge is 0.504 e. The number of aldehydes is 1. The number of likely N-dealkylation sites (N-methyl/N-ethyl adjacent to an activating group) is 1. The normalized spacial score (nSPS) is 28.9. The third-order valence-electron chi connectivity index (χ3n) is 16.2. The highest BCUT2D eigenvalue weighted by molar-refractivity contribution is 8.76. The van der Waals surface area contributed by atoms with Crippen molar-refractivity contribution in [2.45, 2.75) is 159 Å². The Labute approximate surface area is 407 Å². The Bertz CT molecular complexity index is 2020. The Kier molecular flexibility index (Phi) is 18.4. The van der Waals surface area contributed by atoms with Crippen LogP contribution in [0.2, 0.25) is 0 Å². The summed E-state index contributed by atoms with van der Waals surface area (Å²) >= 11 is 0. The molecule has 5 aliphatic rings. The van der Waals surface area contributed by atoms with Crippen LogP contribution < -0.4 is 25.4 Å². The van der Waals surface area contributed by atoms with Crippen molar-refractivity contribution in [1.29, 1.82) is 0 Å². The second kappa shape index (κ2) is 23.9. The lowest BCUT2D eigenvalue weighted by Gasteiger charge is -2.39. The quantitative estimate of drug-likeness (QED) is 0.0384. The molecule has 2 aromatic rings. The van der Waals surface area contributed by atoms with Gasteiger partial charge < -0.3 is 50.3 Å². The van der Waals surface area contributed by atoms with Crippen molar-refractivity contribution in [2.24, 2.45) is 34.1 Å². The third kappa shape index (κ3) is 12.3. The number of phenolic OH excluding ortho intramolecular Hbond substituents is 2. The molecule has 0 amide bonds. The lowest BCUT2D eigenvalue weighted by molar-refractivity contribution is -0.143. The van der Waals surface area contributed by atoms with Gasteiger partial charge in [-0.1, -0.05) is 79.2 Å². The summed E-state index contributed by atoms with van der Waals surface area (Å²) in [5.41, 5.74) is 0.872. The number of ether oxygens (including phenoxy) is 3. The Balaban J connectivity index is 1.30. The van der Waals surface area contributed by atoms with Crippen molar-refractivity contribution in [2.75, 3.05) is 44.7 Å². The van der Waals surface area contributed by atoms with Gasteiger partial charge in [-0.05, 0) is 149 Å². The lowest BCUT2D eigenvalue weighted by atomic mass is 9.65. The van der Waals surface area contributed by atoms with E-state index < -0.39 is 22.7 Å². The number of nitrogens with one attached hydrogen (secondary N) is 3. The molecule has 2 bridgehead atoms. The predicted octanol–water partition coefficient (Wildman–Crippen LogP) is 10.2. The number of carbonyl (C=O) groups excluding carboxylic acids is 2. The van der Waals surface area contributed by atoms with Crippen LogP contribution in [0.1, 0.15) is 140 Å². The van der Waals surface area contributed by atoms with Gasteiger partial charge in [-0.25, -0.2) is 0 Å². The topological polar surface area (TPSA) is 171 Å². The number of allylic oxidation sites excluding steroid dienone is 2. The highest BCUT2D eigenvalue weighted by Gasteiger charge is 2.49. The van der Waals surface area contributed by atoms with Gasteiger partial charge in [0.25, 0.3) is 0 Å². The maximum Gasteiger partial charge on any atom is 0.196 e. The number of aliphatic imine (C=N–C) groups is 1. The van der Waals surface area contributed by atoms with E-state index in [0.29, 0.717) is 61.3 Å². The first-order chi connectivity index (χ1) is 32.5. The van der Waals surface area contributed by atoms with Gasteiger partial charge >= 0.3 is 0 Å². The number of ketones is 1. The molecule has 0 aromatic heterocycles. The Morgan fingerprint density at radius 2 is 1.81 bits per heavy atom. The maximum atomic E-state index is 15.3. The van der Waals surface area contributed by atoms with Gasteiger partial charge in [-0.2, -0.15) is 0 Å². The number of methoxy groups -OCH3 is 1. The fourth-order valence-electron chi connectivity index (χ4n) is 12.5. The molecule has 2 aromatic carbocycles. The molecule has 7 atom stereocenters. The highest BCUT2D eigenvalue weighted by Crippen LogP contribution is 2.55. The van der Waals surface area contributed by atoms with Crippen molar-refractivity contribution < 1.29 is 39.1 Å². The fraction of sp³-hybridized carbons (Fsp3) is 0.679. The molecule has 4 saturated carbocycles. The number of benzene rings is 2. The number of fused-ring (bicyclic) bond motifs is 4. The first-order valence-electron chi connectivity index (χ1n) is 25.3. The van der Waals surface area contributed by atoms with E-state index in [-0.39, 0.29) is 47.1 Å². The molecule has 7 rings (SSSR count). The summed E-state index contributed by atoms with van der Waals surface area (Å²) in [6, 6.07) is 9.62. The van der Waals surface area contributed by atoms with E-state index in [2.05, 4.69) is 46.1 Å². The number of aromatic hydroxyl groups is 2. The van der Waals surface area contributed by atoms with Gasteiger partial charge in [0, 0.05) is 43.0 Å². The summed E-state index contributed by atoms with van der Waals surface area (Å²) < 4.78 is 18.8. The summed E-state index contributed by atoms with van der Waals surface area (Å²) in [5, 5.41) is 44.2. The number of aliphatic hydroxyl groups excluding tert-OH is 1. The van der Waals surface area contributed by atoms with Crippen LogP contribution in [0, 0.1) is 29.1 Å². The Hall–Kier alpha value is -3.43. The summed E-state index contributed by atoms with van der Waals surface area (Å²) in [6.07, 6.45) is 21.8. The molecule has 67 heavy (non-hydrogen) atoms. The summed E-state index contributed by atoms with van der Waals surface area (Å²) in [7, 11) is 8.67. The lowest BCUT2D eigenvalue weighted by Crippen LogP contribution is -2.43. The molecule has 12 nitrogen and oxygen atoms in total. The van der Waals surface area contributed by atoms with Gasteiger partial charge in [-0.15, -0.1) is 0 Å². The molecule has 1 heterocycles. The number of phenols is 2. The second-order valence-electron chi connectivity index (χ2n) is 20.3. The van der Waals surface area contributed by atoms with Crippen LogP contribution in [0.5, 0.6) is 23.0 Å². The van der Waals surface area contributed by atoms with E-state index in [4.69, 9.17) is 14.2 Å². The number of rotatable bonds is 17. The van der Waals surface area contributed by atoms with Crippen LogP contribution in [0.4, 0.5) is 5.69 Å². The van der Waals surface area contributed by atoms with E-state index in [1.165, 1.54) is 0 Å². The minimum Gasteiger partial charge on any atom is -0.504 e. The van der Waals surface area contributed by atoms with Crippen LogP contribution >= 0.6 is 21.6 Å². The first kappa shape index (κ1) is 51.4. The molecule has 6 N–H and O–H groups in total. The molecular formula is C53H78N4O8S2. The molecule has 0 radical (unpaired) electrons. The summed E-state index contributed by atoms with van der Waals surface area (Å²) in [4.78, 5) is 31.8. The summed E-state index contributed by atoms with van der Waals surface area (Å²) in [5.74, 6) is 3.46. The second-order valence-corrected chi connectivity index (χ2v) is 22.8. The molecule has 1 aliphatic heterocycles. The van der Waals surface area contributed by atoms with E-state index in [0.717, 1.165) is 126 Å². The number of hydrogen-bond acceptors (Lipinski definition) is 12. The molecule has 4 fully saturated rings. The number of guanidine groups is 1. The van der Waals surface area contributed by atoms with Crippen LogP contribution in [0.15, 0.2) is 47.5 Å². The van der Waals surface area contributed by atoms with Crippen LogP contribution in [-0.4, -0.2) is 90.7 Å². The van der Waals surface area contributed by atoms with Gasteiger partial charge in [-0.3, -0.25) is 9.79 Å². The number of carbonyl (C=O) groups is 2. The zero-order chi connectivity index (χ0) is 47.4.